The molecule has 0 aromatic carbocycles. The molecule has 1 rings (SSSR count). The van der Waals surface area contributed by atoms with Crippen LogP contribution < -0.4 is 11.1 Å². The highest BCUT2D eigenvalue weighted by atomic mass is 16.4. The molecule has 0 heterocycles. The van der Waals surface area contributed by atoms with Gasteiger partial charge in [0, 0.05) is 13.0 Å². The predicted octanol–water partition coefficient (Wildman–Crippen LogP) is 1.12. The number of carboxylic acid groups (broad SMARTS) is 1. The van der Waals surface area contributed by atoms with Crippen LogP contribution in [0.1, 0.15) is 46.0 Å². The van der Waals surface area contributed by atoms with Crippen molar-refractivity contribution in [3.8, 4) is 0 Å². The highest BCUT2D eigenvalue weighted by Crippen LogP contribution is 2.30. The molecule has 5 heteroatoms. The molecule has 1 saturated carbocycles. The number of aliphatic carboxylic acids is 1. The molecule has 0 bridgehead atoms. The Morgan fingerprint density at radius 1 is 1.56 bits per heavy atom. The summed E-state index contributed by atoms with van der Waals surface area (Å²) < 4.78 is 0. The van der Waals surface area contributed by atoms with Gasteiger partial charge >= 0.3 is 5.97 Å². The monoisotopic (exact) mass is 256 g/mol. The SMILES string of the molecule is CC(CNC(=O)C1(N)CCCC(C)C1)CC(=O)O. The van der Waals surface area contributed by atoms with Crippen LogP contribution >= 0.6 is 0 Å². The molecule has 18 heavy (non-hydrogen) atoms. The molecule has 5 nitrogen and oxygen atoms in total. The lowest BCUT2D eigenvalue weighted by molar-refractivity contribution is -0.138. The van der Waals surface area contributed by atoms with E-state index in [0.29, 0.717) is 18.9 Å². The van der Waals surface area contributed by atoms with Crippen molar-refractivity contribution >= 4 is 11.9 Å². The zero-order valence-electron chi connectivity index (χ0n) is 11.2. The number of nitrogens with two attached hydrogens (primary N) is 1. The van der Waals surface area contributed by atoms with Crippen molar-refractivity contribution in [3.63, 3.8) is 0 Å². The van der Waals surface area contributed by atoms with E-state index in [4.69, 9.17) is 10.8 Å². The number of carboxylic acids is 1. The van der Waals surface area contributed by atoms with Crippen LogP contribution in [-0.2, 0) is 9.59 Å². The fourth-order valence-corrected chi connectivity index (χ4v) is 2.61. The maximum absolute atomic E-state index is 12.1. The number of hydrogen-bond donors (Lipinski definition) is 3. The van der Waals surface area contributed by atoms with Gasteiger partial charge in [-0.25, -0.2) is 0 Å². The summed E-state index contributed by atoms with van der Waals surface area (Å²) in [5, 5.41) is 11.4. The van der Waals surface area contributed by atoms with E-state index < -0.39 is 11.5 Å². The molecule has 3 atom stereocenters. The van der Waals surface area contributed by atoms with E-state index in [1.165, 1.54) is 0 Å². The summed E-state index contributed by atoms with van der Waals surface area (Å²) in [6, 6.07) is 0. The first-order chi connectivity index (χ1) is 8.33. The Morgan fingerprint density at radius 2 is 2.22 bits per heavy atom. The van der Waals surface area contributed by atoms with Gasteiger partial charge in [0.15, 0.2) is 0 Å². The second-order valence-electron chi connectivity index (χ2n) is 5.77. The van der Waals surface area contributed by atoms with E-state index in [1.807, 2.05) is 0 Å². The number of nitrogens with one attached hydrogen (secondary N) is 1. The zero-order valence-corrected chi connectivity index (χ0v) is 11.2. The molecule has 0 saturated heterocycles. The first-order valence-electron chi connectivity index (χ1n) is 6.62. The van der Waals surface area contributed by atoms with E-state index in [-0.39, 0.29) is 18.2 Å². The Hall–Kier alpha value is -1.10. The molecule has 0 spiro atoms. The molecule has 0 radical (unpaired) electrons. The molecule has 1 amide bonds. The molecule has 1 aliphatic rings. The largest absolute Gasteiger partial charge is 0.481 e. The van der Waals surface area contributed by atoms with Crippen molar-refractivity contribution < 1.29 is 14.7 Å². The van der Waals surface area contributed by atoms with Gasteiger partial charge in [-0.1, -0.05) is 26.7 Å². The van der Waals surface area contributed by atoms with E-state index in [0.717, 1.165) is 19.3 Å². The van der Waals surface area contributed by atoms with Crippen molar-refractivity contribution in [1.29, 1.82) is 0 Å². The molecule has 3 unspecified atom stereocenters. The minimum absolute atomic E-state index is 0.0637. The maximum Gasteiger partial charge on any atom is 0.303 e. The van der Waals surface area contributed by atoms with Crippen LogP contribution in [0.25, 0.3) is 0 Å². The molecule has 1 fully saturated rings. The maximum atomic E-state index is 12.1. The van der Waals surface area contributed by atoms with Gasteiger partial charge in [0.05, 0.1) is 5.54 Å². The van der Waals surface area contributed by atoms with Gasteiger partial charge in [0.2, 0.25) is 5.91 Å². The van der Waals surface area contributed by atoms with Crippen LogP contribution in [0, 0.1) is 11.8 Å². The summed E-state index contributed by atoms with van der Waals surface area (Å²) in [5.74, 6) is -0.571. The predicted molar refractivity (Wildman–Crippen MR) is 69.0 cm³/mol. The molecule has 1 aliphatic carbocycles. The molecular weight excluding hydrogens is 232 g/mol. The number of carbonyl (C=O) groups is 2. The average molecular weight is 256 g/mol. The van der Waals surface area contributed by atoms with Gasteiger partial charge in [0.1, 0.15) is 0 Å². The van der Waals surface area contributed by atoms with Crippen LogP contribution in [0.2, 0.25) is 0 Å². The fraction of sp³-hybridized carbons (Fsp3) is 0.846. The minimum atomic E-state index is -0.842. The lowest BCUT2D eigenvalue weighted by Gasteiger charge is -2.35. The van der Waals surface area contributed by atoms with Gasteiger partial charge in [-0.05, 0) is 24.7 Å². The highest BCUT2D eigenvalue weighted by Gasteiger charge is 2.37. The first kappa shape index (κ1) is 15.0. The van der Waals surface area contributed by atoms with Crippen molar-refractivity contribution in [1.82, 2.24) is 5.32 Å². The van der Waals surface area contributed by atoms with Crippen molar-refractivity contribution in [2.45, 2.75) is 51.5 Å². The number of hydrogen-bond acceptors (Lipinski definition) is 3. The molecular formula is C13H24N2O3. The van der Waals surface area contributed by atoms with Crippen LogP contribution in [-0.4, -0.2) is 29.1 Å². The second-order valence-corrected chi connectivity index (χ2v) is 5.77. The minimum Gasteiger partial charge on any atom is -0.481 e. The third-order valence-electron chi connectivity index (χ3n) is 3.62. The summed E-state index contributed by atoms with van der Waals surface area (Å²) in [5.41, 5.74) is 5.39. The Balaban J connectivity index is 2.42. The lowest BCUT2D eigenvalue weighted by atomic mass is 9.76. The average Bonchev–Trinajstić information content (AvgIpc) is 2.24. The topological polar surface area (TPSA) is 92.4 Å². The van der Waals surface area contributed by atoms with E-state index in [1.54, 1.807) is 6.92 Å². The standard InChI is InChI=1S/C13H24N2O3/c1-9-4-3-5-13(14,7-9)12(18)15-8-10(2)6-11(16)17/h9-10H,3-8,14H2,1-2H3,(H,15,18)(H,16,17). The van der Waals surface area contributed by atoms with Gasteiger partial charge in [0.25, 0.3) is 0 Å². The number of rotatable bonds is 5. The highest BCUT2D eigenvalue weighted by molar-refractivity contribution is 5.86. The van der Waals surface area contributed by atoms with Crippen molar-refractivity contribution in [3.05, 3.63) is 0 Å². The summed E-state index contributed by atoms with van der Waals surface area (Å²) in [7, 11) is 0. The molecule has 4 N–H and O–H groups in total. The first-order valence-corrected chi connectivity index (χ1v) is 6.62. The van der Waals surface area contributed by atoms with Crippen LogP contribution in [0.4, 0.5) is 0 Å². The summed E-state index contributed by atoms with van der Waals surface area (Å²) in [6.07, 6.45) is 3.61. The van der Waals surface area contributed by atoms with Gasteiger partial charge in [-0.2, -0.15) is 0 Å². The Morgan fingerprint density at radius 3 is 2.78 bits per heavy atom. The summed E-state index contributed by atoms with van der Waals surface area (Å²) in [4.78, 5) is 22.6. The molecule has 0 aliphatic heterocycles. The summed E-state index contributed by atoms with van der Waals surface area (Å²) >= 11 is 0. The van der Waals surface area contributed by atoms with Crippen molar-refractivity contribution in [2.24, 2.45) is 17.6 Å². The van der Waals surface area contributed by atoms with Crippen LogP contribution in [0.3, 0.4) is 0 Å². The van der Waals surface area contributed by atoms with Gasteiger partial charge in [-0.15, -0.1) is 0 Å². The summed E-state index contributed by atoms with van der Waals surface area (Å²) in [6.45, 7) is 4.29. The van der Waals surface area contributed by atoms with E-state index in [2.05, 4.69) is 12.2 Å². The molecule has 0 aromatic rings. The number of carbonyl (C=O) groups excluding carboxylic acids is 1. The van der Waals surface area contributed by atoms with Crippen LogP contribution in [0.5, 0.6) is 0 Å². The van der Waals surface area contributed by atoms with E-state index in [9.17, 15) is 9.59 Å². The van der Waals surface area contributed by atoms with Crippen molar-refractivity contribution in [2.75, 3.05) is 6.54 Å². The lowest BCUT2D eigenvalue weighted by Crippen LogP contribution is -2.56. The third-order valence-corrected chi connectivity index (χ3v) is 3.62. The Bertz CT molecular complexity index is 319. The third kappa shape index (κ3) is 4.29. The van der Waals surface area contributed by atoms with Gasteiger partial charge in [-0.3, -0.25) is 9.59 Å². The number of amides is 1. The zero-order chi connectivity index (χ0) is 13.8. The molecule has 0 aromatic heterocycles. The smallest absolute Gasteiger partial charge is 0.303 e. The molecule has 104 valence electrons. The normalized spacial score (nSPS) is 29.6. The van der Waals surface area contributed by atoms with Crippen LogP contribution in [0.15, 0.2) is 0 Å². The van der Waals surface area contributed by atoms with E-state index >= 15 is 0 Å². The Kier molecular flexibility index (Phi) is 5.14. The fourth-order valence-electron chi connectivity index (χ4n) is 2.61. The Labute approximate surface area is 108 Å². The quantitative estimate of drug-likeness (QED) is 0.687. The van der Waals surface area contributed by atoms with Gasteiger partial charge < -0.3 is 16.2 Å². The second kappa shape index (κ2) is 6.18.